The van der Waals surface area contributed by atoms with Crippen LogP contribution in [0.3, 0.4) is 0 Å². The lowest BCUT2D eigenvalue weighted by Gasteiger charge is -2.27. The van der Waals surface area contributed by atoms with Crippen molar-refractivity contribution in [3.05, 3.63) is 84.2 Å². The molecule has 0 unspecified atom stereocenters. The third-order valence-electron chi connectivity index (χ3n) is 4.60. The molecule has 4 rings (SSSR count). The van der Waals surface area contributed by atoms with Gasteiger partial charge in [-0.3, -0.25) is 4.79 Å². The van der Waals surface area contributed by atoms with Crippen LogP contribution in [-0.4, -0.2) is 40.7 Å². The number of imide groups is 1. The molecule has 3 amide bonds. The zero-order chi connectivity index (χ0) is 23.6. The van der Waals surface area contributed by atoms with Gasteiger partial charge in [-0.15, -0.1) is 4.31 Å². The minimum absolute atomic E-state index is 0.0560. The monoisotopic (exact) mass is 468 g/mol. The van der Waals surface area contributed by atoms with E-state index < -0.39 is 28.1 Å². The van der Waals surface area contributed by atoms with Gasteiger partial charge >= 0.3 is 28.2 Å². The summed E-state index contributed by atoms with van der Waals surface area (Å²) >= 11 is 0. The van der Waals surface area contributed by atoms with Crippen molar-refractivity contribution >= 4 is 34.1 Å². The zero-order valence-corrected chi connectivity index (χ0v) is 17.6. The van der Waals surface area contributed by atoms with Gasteiger partial charge in [0.05, 0.1) is 11.8 Å². The van der Waals surface area contributed by atoms with Crippen LogP contribution in [0.2, 0.25) is 0 Å². The molecule has 1 aliphatic rings. The molecule has 2 N–H and O–H groups in total. The van der Waals surface area contributed by atoms with Crippen molar-refractivity contribution in [2.75, 3.05) is 4.31 Å². The fourth-order valence-electron chi connectivity index (χ4n) is 2.96. The number of aromatic carboxylic acids is 1. The van der Waals surface area contributed by atoms with Crippen LogP contribution in [-0.2, 0) is 21.5 Å². The molecule has 0 fully saturated rings. The molecule has 1 aliphatic heterocycles. The summed E-state index contributed by atoms with van der Waals surface area (Å²) in [7, 11) is -4.67. The molecule has 0 saturated carbocycles. The second kappa shape index (κ2) is 8.59. The summed E-state index contributed by atoms with van der Waals surface area (Å²) in [6.45, 7) is -0.140. The maximum absolute atomic E-state index is 13.0. The molecule has 2 aromatic carbocycles. The van der Waals surface area contributed by atoms with Crippen molar-refractivity contribution < 1.29 is 32.3 Å². The van der Waals surface area contributed by atoms with Crippen LogP contribution in [0.5, 0.6) is 0 Å². The Balaban J connectivity index is 1.53. The van der Waals surface area contributed by atoms with E-state index in [0.29, 0.717) is 21.2 Å². The number of amides is 3. The Kier molecular flexibility index (Phi) is 5.67. The van der Waals surface area contributed by atoms with Gasteiger partial charge in [-0.25, -0.2) is 14.6 Å². The summed E-state index contributed by atoms with van der Waals surface area (Å²) in [4.78, 5) is 39.7. The number of carbonyl (C=O) groups excluding carboxylic acids is 2. The minimum atomic E-state index is -4.67. The van der Waals surface area contributed by atoms with Crippen molar-refractivity contribution in [3.63, 3.8) is 0 Å². The van der Waals surface area contributed by atoms with Gasteiger partial charge in [0.15, 0.2) is 5.76 Å². The van der Waals surface area contributed by atoms with Crippen LogP contribution in [0.4, 0.5) is 10.8 Å². The average molecular weight is 468 g/mol. The topological polar surface area (TPSA) is 150 Å². The van der Waals surface area contributed by atoms with Gasteiger partial charge in [0, 0.05) is 24.4 Å². The van der Waals surface area contributed by atoms with E-state index in [1.165, 1.54) is 30.5 Å². The molecule has 0 atom stereocenters. The van der Waals surface area contributed by atoms with Gasteiger partial charge in [0.25, 0.3) is 5.91 Å². The van der Waals surface area contributed by atoms with Crippen molar-refractivity contribution in [2.45, 2.75) is 6.54 Å². The smallest absolute Gasteiger partial charge is 0.344 e. The Morgan fingerprint density at radius 2 is 1.76 bits per heavy atom. The third kappa shape index (κ3) is 4.32. The average Bonchev–Trinajstić information content (AvgIpc) is 3.28. The summed E-state index contributed by atoms with van der Waals surface area (Å²) in [5.74, 6) is -1.88. The standard InChI is InChI=1S/C21H16N4O7S/c26-18-10-11-24(21-23-13-17(32-21)15-4-2-1-3-5-15)33(30,31)25(18)20(29)22-12-14-6-8-16(9-7-14)19(27)28/h1-11,13H,12H2,(H,22,29)(H,27,28). The summed E-state index contributed by atoms with van der Waals surface area (Å²) in [5.41, 5.74) is 1.22. The molecule has 0 saturated heterocycles. The summed E-state index contributed by atoms with van der Waals surface area (Å²) in [6.07, 6.45) is 3.18. The van der Waals surface area contributed by atoms with Crippen LogP contribution in [0.1, 0.15) is 15.9 Å². The molecule has 0 bridgehead atoms. The minimum Gasteiger partial charge on any atom is -0.478 e. The molecule has 3 aromatic rings. The van der Waals surface area contributed by atoms with E-state index in [0.717, 1.165) is 12.3 Å². The van der Waals surface area contributed by atoms with Crippen molar-refractivity contribution in [2.24, 2.45) is 0 Å². The van der Waals surface area contributed by atoms with E-state index in [1.807, 2.05) is 0 Å². The van der Waals surface area contributed by atoms with Crippen molar-refractivity contribution in [1.82, 2.24) is 14.6 Å². The lowest BCUT2D eigenvalue weighted by Crippen LogP contribution is -2.53. The number of nitrogens with zero attached hydrogens (tertiary/aromatic N) is 3. The number of hydrogen-bond acceptors (Lipinski definition) is 7. The summed E-state index contributed by atoms with van der Waals surface area (Å²) < 4.78 is 32.2. The van der Waals surface area contributed by atoms with Crippen LogP contribution >= 0.6 is 0 Å². The van der Waals surface area contributed by atoms with Crippen LogP contribution < -0.4 is 9.62 Å². The molecular formula is C21H16N4O7S. The maximum atomic E-state index is 13.0. The Hall–Kier alpha value is -4.45. The molecule has 2 heterocycles. The predicted octanol–water partition coefficient (Wildman–Crippen LogP) is 2.36. The molecule has 0 radical (unpaired) electrons. The number of rotatable bonds is 5. The summed E-state index contributed by atoms with van der Waals surface area (Å²) in [5, 5.41) is 11.3. The number of oxazole rings is 1. The van der Waals surface area contributed by atoms with E-state index in [9.17, 15) is 22.8 Å². The molecule has 33 heavy (non-hydrogen) atoms. The van der Waals surface area contributed by atoms with Crippen LogP contribution in [0, 0.1) is 0 Å². The molecule has 12 heteroatoms. The number of carboxylic acids is 1. The van der Waals surface area contributed by atoms with Gasteiger partial charge in [0.1, 0.15) is 0 Å². The highest BCUT2D eigenvalue weighted by Crippen LogP contribution is 2.28. The van der Waals surface area contributed by atoms with Gasteiger partial charge in [-0.05, 0) is 17.7 Å². The molecule has 11 nitrogen and oxygen atoms in total. The number of carbonyl (C=O) groups is 3. The lowest BCUT2D eigenvalue weighted by atomic mass is 10.1. The normalized spacial score (nSPS) is 14.8. The quantitative estimate of drug-likeness (QED) is 0.579. The molecule has 0 aliphatic carbocycles. The highest BCUT2D eigenvalue weighted by atomic mass is 32.2. The van der Waals surface area contributed by atoms with E-state index in [4.69, 9.17) is 9.52 Å². The van der Waals surface area contributed by atoms with Crippen molar-refractivity contribution in [1.29, 1.82) is 0 Å². The number of benzene rings is 2. The SMILES string of the molecule is O=C(O)c1ccc(CNC(=O)N2C(=O)C=CN(c3ncc(-c4ccccc4)o3)S2(=O)=O)cc1. The van der Waals surface area contributed by atoms with Gasteiger partial charge in [-0.2, -0.15) is 12.7 Å². The second-order valence-corrected chi connectivity index (χ2v) is 8.41. The molecule has 168 valence electrons. The first kappa shape index (κ1) is 21.8. The Labute approximate surface area is 187 Å². The molecule has 0 spiro atoms. The number of anilines is 1. The van der Waals surface area contributed by atoms with E-state index in [-0.39, 0.29) is 22.4 Å². The largest absolute Gasteiger partial charge is 0.478 e. The lowest BCUT2D eigenvalue weighted by molar-refractivity contribution is -0.119. The first-order chi connectivity index (χ1) is 15.8. The molecular weight excluding hydrogens is 452 g/mol. The zero-order valence-electron chi connectivity index (χ0n) is 16.8. The number of aromatic nitrogens is 1. The number of urea groups is 1. The predicted molar refractivity (Wildman–Crippen MR) is 115 cm³/mol. The van der Waals surface area contributed by atoms with Gasteiger partial charge in [0.2, 0.25) is 0 Å². The Morgan fingerprint density at radius 3 is 2.42 bits per heavy atom. The summed E-state index contributed by atoms with van der Waals surface area (Å²) in [6, 6.07) is 12.9. The Bertz CT molecular complexity index is 1350. The van der Waals surface area contributed by atoms with E-state index >= 15 is 0 Å². The second-order valence-electron chi connectivity index (χ2n) is 6.76. The van der Waals surface area contributed by atoms with Gasteiger partial charge < -0.3 is 14.8 Å². The fraction of sp³-hybridized carbons (Fsp3) is 0.0476. The van der Waals surface area contributed by atoms with Gasteiger partial charge in [-0.1, -0.05) is 42.5 Å². The Morgan fingerprint density at radius 1 is 1.06 bits per heavy atom. The third-order valence-corrected chi connectivity index (χ3v) is 6.18. The number of nitrogens with one attached hydrogen (secondary N) is 1. The maximum Gasteiger partial charge on any atom is 0.344 e. The number of carboxylic acid groups (broad SMARTS) is 1. The fourth-order valence-corrected chi connectivity index (χ4v) is 4.20. The highest BCUT2D eigenvalue weighted by Gasteiger charge is 2.42. The van der Waals surface area contributed by atoms with E-state index in [2.05, 4.69) is 10.3 Å². The first-order valence-electron chi connectivity index (χ1n) is 9.45. The first-order valence-corrected chi connectivity index (χ1v) is 10.9. The number of hydrogen-bond donors (Lipinski definition) is 2. The van der Waals surface area contributed by atoms with Crippen LogP contribution in [0.25, 0.3) is 11.3 Å². The molecule has 1 aromatic heterocycles. The van der Waals surface area contributed by atoms with Crippen LogP contribution in [0.15, 0.2) is 77.5 Å². The highest BCUT2D eigenvalue weighted by molar-refractivity contribution is 7.91. The van der Waals surface area contributed by atoms with Crippen molar-refractivity contribution in [3.8, 4) is 11.3 Å². The van der Waals surface area contributed by atoms with E-state index in [1.54, 1.807) is 30.3 Å².